The number of methoxy groups -OCH3 is 2. The number of morpholine rings is 1. The lowest BCUT2D eigenvalue weighted by Gasteiger charge is -2.40. The summed E-state index contributed by atoms with van der Waals surface area (Å²) in [5, 5.41) is 0. The second kappa shape index (κ2) is 8.86. The molecule has 0 N–H and O–H groups in total. The number of carbonyl (C=O) groups excluding carboxylic acids is 1. The molecule has 2 aliphatic rings. The molecule has 0 spiro atoms. The van der Waals surface area contributed by atoms with Gasteiger partial charge in [-0.1, -0.05) is 0 Å². The second-order valence-corrected chi connectivity index (χ2v) is 9.27. The van der Waals surface area contributed by atoms with Crippen LogP contribution in [0.25, 0.3) is 0 Å². The van der Waals surface area contributed by atoms with E-state index in [9.17, 15) is 13.2 Å². The molecule has 2 aliphatic heterocycles. The van der Waals surface area contributed by atoms with Crippen LogP contribution in [-0.4, -0.2) is 93.5 Å². The van der Waals surface area contributed by atoms with Crippen LogP contribution in [0.3, 0.4) is 0 Å². The number of carbonyl (C=O) groups is 1. The van der Waals surface area contributed by atoms with Gasteiger partial charge in [0.25, 0.3) is 16.1 Å². The first-order chi connectivity index (χ1) is 13.8. The van der Waals surface area contributed by atoms with E-state index in [0.29, 0.717) is 43.2 Å². The number of hydrogen-bond donors (Lipinski definition) is 0. The first-order valence-corrected chi connectivity index (χ1v) is 11.1. The van der Waals surface area contributed by atoms with Crippen LogP contribution in [0.1, 0.15) is 24.2 Å². The number of hydrogen-bond acceptors (Lipinski definition) is 6. The van der Waals surface area contributed by atoms with E-state index in [2.05, 4.69) is 0 Å². The first kappa shape index (κ1) is 21.8. The summed E-state index contributed by atoms with van der Waals surface area (Å²) in [4.78, 5) is 14.6. The van der Waals surface area contributed by atoms with Crippen molar-refractivity contribution < 1.29 is 27.4 Å². The molecule has 0 aromatic heterocycles. The van der Waals surface area contributed by atoms with Gasteiger partial charge in [0.15, 0.2) is 0 Å². The molecule has 2 atom stereocenters. The highest BCUT2D eigenvalue weighted by atomic mass is 32.2. The van der Waals surface area contributed by atoms with Gasteiger partial charge in [-0.3, -0.25) is 4.79 Å². The highest BCUT2D eigenvalue weighted by molar-refractivity contribution is 7.86. The van der Waals surface area contributed by atoms with Gasteiger partial charge in [0.1, 0.15) is 11.5 Å². The van der Waals surface area contributed by atoms with Crippen molar-refractivity contribution in [3.63, 3.8) is 0 Å². The van der Waals surface area contributed by atoms with Crippen molar-refractivity contribution in [1.29, 1.82) is 0 Å². The zero-order valence-corrected chi connectivity index (χ0v) is 18.1. The van der Waals surface area contributed by atoms with Crippen LogP contribution in [0, 0.1) is 0 Å². The summed E-state index contributed by atoms with van der Waals surface area (Å²) in [7, 11) is -0.531. The Morgan fingerprint density at radius 3 is 2.17 bits per heavy atom. The molecule has 0 bridgehead atoms. The number of rotatable bonds is 5. The van der Waals surface area contributed by atoms with Gasteiger partial charge >= 0.3 is 0 Å². The topological polar surface area (TPSA) is 88.6 Å². The Balaban J connectivity index is 1.66. The van der Waals surface area contributed by atoms with Crippen molar-refractivity contribution in [3.05, 3.63) is 23.8 Å². The van der Waals surface area contributed by atoms with Crippen molar-refractivity contribution >= 4 is 16.1 Å². The molecule has 10 heteroatoms. The summed E-state index contributed by atoms with van der Waals surface area (Å²) in [5.74, 6) is 0.846. The normalized spacial score (nSPS) is 24.3. The smallest absolute Gasteiger partial charge is 0.282 e. The van der Waals surface area contributed by atoms with E-state index in [4.69, 9.17) is 14.2 Å². The number of piperazine rings is 1. The third-order valence-corrected chi connectivity index (χ3v) is 7.17. The highest BCUT2D eigenvalue weighted by Crippen LogP contribution is 2.26. The van der Waals surface area contributed by atoms with Gasteiger partial charge in [0.05, 0.1) is 32.0 Å². The van der Waals surface area contributed by atoms with Crippen LogP contribution >= 0.6 is 0 Å². The second-order valence-electron chi connectivity index (χ2n) is 7.34. The SMILES string of the molecule is COc1ccc(C(=O)N2CCN(S(=O)(=O)N3C[C@H](C)O[C@@H](C)C3)CC2)c(OC)c1. The van der Waals surface area contributed by atoms with Crippen LogP contribution in [0.4, 0.5) is 0 Å². The molecule has 9 nitrogen and oxygen atoms in total. The van der Waals surface area contributed by atoms with Crippen molar-refractivity contribution in [1.82, 2.24) is 13.5 Å². The molecule has 0 aliphatic carbocycles. The molecular weight excluding hydrogens is 398 g/mol. The number of ether oxygens (including phenoxy) is 3. The Bertz CT molecular complexity index is 828. The van der Waals surface area contributed by atoms with Crippen LogP contribution < -0.4 is 9.47 Å². The average molecular weight is 428 g/mol. The van der Waals surface area contributed by atoms with Gasteiger partial charge in [0, 0.05) is 45.3 Å². The maximum atomic E-state index is 13.0. The first-order valence-electron chi connectivity index (χ1n) is 9.68. The lowest BCUT2D eigenvalue weighted by atomic mass is 10.1. The van der Waals surface area contributed by atoms with E-state index in [0.717, 1.165) is 0 Å². The summed E-state index contributed by atoms with van der Waals surface area (Å²) >= 11 is 0. The van der Waals surface area contributed by atoms with Crippen LogP contribution in [-0.2, 0) is 14.9 Å². The molecule has 2 fully saturated rings. The van der Waals surface area contributed by atoms with Crippen molar-refractivity contribution in [3.8, 4) is 11.5 Å². The summed E-state index contributed by atoms with van der Waals surface area (Å²) in [6.45, 7) is 5.59. The predicted molar refractivity (Wildman–Crippen MR) is 108 cm³/mol. The Labute approximate surface area is 172 Å². The fourth-order valence-corrected chi connectivity index (χ4v) is 5.50. The van der Waals surface area contributed by atoms with Gasteiger partial charge in [-0.15, -0.1) is 0 Å². The number of benzene rings is 1. The lowest BCUT2D eigenvalue weighted by Crippen LogP contribution is -2.57. The van der Waals surface area contributed by atoms with Gasteiger partial charge in [-0.2, -0.15) is 17.0 Å². The largest absolute Gasteiger partial charge is 0.497 e. The molecule has 2 saturated heterocycles. The summed E-state index contributed by atoms with van der Waals surface area (Å²) < 4.78 is 45.1. The summed E-state index contributed by atoms with van der Waals surface area (Å²) in [6.07, 6.45) is -0.280. The minimum Gasteiger partial charge on any atom is -0.497 e. The molecule has 0 saturated carbocycles. The van der Waals surface area contributed by atoms with Crippen LogP contribution in [0.2, 0.25) is 0 Å². The molecule has 1 amide bonds. The molecule has 1 aromatic carbocycles. The number of amides is 1. The third-order valence-electron chi connectivity index (χ3n) is 5.20. The van der Waals surface area contributed by atoms with E-state index in [1.165, 1.54) is 15.7 Å². The van der Waals surface area contributed by atoms with Crippen molar-refractivity contribution in [2.24, 2.45) is 0 Å². The van der Waals surface area contributed by atoms with Crippen molar-refractivity contribution in [2.45, 2.75) is 26.1 Å². The fraction of sp³-hybridized carbons (Fsp3) is 0.632. The van der Waals surface area contributed by atoms with E-state index in [1.807, 2.05) is 13.8 Å². The van der Waals surface area contributed by atoms with E-state index in [1.54, 1.807) is 30.2 Å². The summed E-state index contributed by atoms with van der Waals surface area (Å²) in [5.41, 5.74) is 0.431. The number of nitrogens with zero attached hydrogens (tertiary/aromatic N) is 3. The van der Waals surface area contributed by atoms with Crippen molar-refractivity contribution in [2.75, 3.05) is 53.5 Å². The third kappa shape index (κ3) is 4.66. The maximum absolute atomic E-state index is 13.0. The Kier molecular flexibility index (Phi) is 6.67. The van der Waals surface area contributed by atoms with E-state index < -0.39 is 10.2 Å². The average Bonchev–Trinajstić information content (AvgIpc) is 2.72. The lowest BCUT2D eigenvalue weighted by molar-refractivity contribution is -0.0457. The molecule has 1 aromatic rings. The van der Waals surface area contributed by atoms with E-state index in [-0.39, 0.29) is 31.2 Å². The molecular formula is C19H29N3O6S. The summed E-state index contributed by atoms with van der Waals surface area (Å²) in [6, 6.07) is 5.03. The zero-order chi connectivity index (χ0) is 21.2. The van der Waals surface area contributed by atoms with Gasteiger partial charge in [-0.05, 0) is 26.0 Å². The Morgan fingerprint density at radius 2 is 1.62 bits per heavy atom. The highest BCUT2D eigenvalue weighted by Gasteiger charge is 2.37. The fourth-order valence-electron chi connectivity index (χ4n) is 3.75. The maximum Gasteiger partial charge on any atom is 0.282 e. The van der Waals surface area contributed by atoms with E-state index >= 15 is 0 Å². The standard InChI is InChI=1S/C19H29N3O6S/c1-14-12-22(13-15(2)28-14)29(24,25)21-9-7-20(8-10-21)19(23)17-6-5-16(26-3)11-18(17)27-4/h5-6,11,14-15H,7-10,12-13H2,1-4H3/t14-,15-/m0/s1. The molecule has 2 heterocycles. The quantitative estimate of drug-likeness (QED) is 0.691. The van der Waals surface area contributed by atoms with Gasteiger partial charge in [0.2, 0.25) is 0 Å². The molecule has 0 unspecified atom stereocenters. The molecule has 0 radical (unpaired) electrons. The minimum atomic E-state index is -3.58. The Morgan fingerprint density at radius 1 is 1.00 bits per heavy atom. The zero-order valence-electron chi connectivity index (χ0n) is 17.3. The molecule has 29 heavy (non-hydrogen) atoms. The van der Waals surface area contributed by atoms with Gasteiger partial charge in [-0.25, -0.2) is 0 Å². The Hall–Kier alpha value is -1.88. The predicted octanol–water partition coefficient (Wildman–Crippen LogP) is 0.816. The van der Waals surface area contributed by atoms with Crippen LogP contribution in [0.5, 0.6) is 11.5 Å². The van der Waals surface area contributed by atoms with Crippen LogP contribution in [0.15, 0.2) is 18.2 Å². The monoisotopic (exact) mass is 427 g/mol. The molecule has 3 rings (SSSR count). The van der Waals surface area contributed by atoms with Gasteiger partial charge < -0.3 is 19.1 Å². The molecule has 162 valence electrons. The minimum absolute atomic E-state index is 0.140.